The van der Waals surface area contributed by atoms with E-state index in [1.165, 1.54) is 4.90 Å². The highest BCUT2D eigenvalue weighted by molar-refractivity contribution is 5.67. The van der Waals surface area contributed by atoms with Crippen LogP contribution in [-0.2, 0) is 4.74 Å². The predicted molar refractivity (Wildman–Crippen MR) is 52.5 cm³/mol. The molecule has 0 aliphatic rings. The van der Waals surface area contributed by atoms with Crippen LogP contribution in [-0.4, -0.2) is 50.1 Å². The Bertz CT molecular complexity index is 169. The molecule has 0 aromatic heterocycles. The standard InChI is InChI=1S/C9H18N2O2/c1-5-13-9(12)11(4)8-6-7-10(2)3/h5H,1,6-8H2,2-4H3. The van der Waals surface area contributed by atoms with Crippen LogP contribution in [0.3, 0.4) is 0 Å². The molecule has 0 spiro atoms. The zero-order valence-corrected chi connectivity index (χ0v) is 8.62. The summed E-state index contributed by atoms with van der Waals surface area (Å²) in [4.78, 5) is 14.6. The molecule has 0 bridgehead atoms. The molecule has 0 aromatic rings. The maximum Gasteiger partial charge on any atom is 0.414 e. The van der Waals surface area contributed by atoms with E-state index in [1.54, 1.807) is 7.05 Å². The van der Waals surface area contributed by atoms with Gasteiger partial charge in [0.25, 0.3) is 0 Å². The van der Waals surface area contributed by atoms with Crippen molar-refractivity contribution in [2.24, 2.45) is 0 Å². The van der Waals surface area contributed by atoms with Crippen molar-refractivity contribution in [2.75, 3.05) is 34.2 Å². The molecule has 0 fully saturated rings. The Hall–Kier alpha value is -1.03. The average molecular weight is 186 g/mol. The molecule has 0 rings (SSSR count). The van der Waals surface area contributed by atoms with Gasteiger partial charge >= 0.3 is 6.09 Å². The Morgan fingerprint density at radius 2 is 2.00 bits per heavy atom. The van der Waals surface area contributed by atoms with Crippen LogP contribution in [0, 0.1) is 0 Å². The lowest BCUT2D eigenvalue weighted by Gasteiger charge is -2.16. The van der Waals surface area contributed by atoms with Crippen LogP contribution >= 0.6 is 0 Å². The monoisotopic (exact) mass is 186 g/mol. The number of hydrogen-bond acceptors (Lipinski definition) is 3. The number of carbonyl (C=O) groups is 1. The highest BCUT2D eigenvalue weighted by Crippen LogP contribution is 1.93. The number of ether oxygens (including phenoxy) is 1. The fourth-order valence-electron chi connectivity index (χ4n) is 0.877. The van der Waals surface area contributed by atoms with E-state index in [4.69, 9.17) is 0 Å². The number of hydrogen-bond donors (Lipinski definition) is 0. The van der Waals surface area contributed by atoms with Crippen molar-refractivity contribution in [1.82, 2.24) is 9.80 Å². The van der Waals surface area contributed by atoms with Gasteiger partial charge in [0.1, 0.15) is 0 Å². The van der Waals surface area contributed by atoms with E-state index in [0.29, 0.717) is 6.54 Å². The summed E-state index contributed by atoms with van der Waals surface area (Å²) in [6.07, 6.45) is 1.73. The molecule has 0 saturated heterocycles. The van der Waals surface area contributed by atoms with Gasteiger partial charge in [-0.3, -0.25) is 0 Å². The summed E-state index contributed by atoms with van der Waals surface area (Å²) >= 11 is 0. The van der Waals surface area contributed by atoms with Crippen molar-refractivity contribution in [3.05, 3.63) is 12.8 Å². The maximum absolute atomic E-state index is 11.0. The van der Waals surface area contributed by atoms with E-state index in [9.17, 15) is 4.79 Å². The van der Waals surface area contributed by atoms with Crippen LogP contribution in [0.5, 0.6) is 0 Å². The Morgan fingerprint density at radius 1 is 1.38 bits per heavy atom. The first-order chi connectivity index (χ1) is 6.07. The van der Waals surface area contributed by atoms with Crippen molar-refractivity contribution in [3.63, 3.8) is 0 Å². The topological polar surface area (TPSA) is 32.8 Å². The highest BCUT2D eigenvalue weighted by Gasteiger charge is 2.07. The van der Waals surface area contributed by atoms with Crippen LogP contribution in [0.1, 0.15) is 6.42 Å². The summed E-state index contributed by atoms with van der Waals surface area (Å²) in [5, 5.41) is 0. The molecule has 0 N–H and O–H groups in total. The smallest absolute Gasteiger partial charge is 0.414 e. The summed E-state index contributed by atoms with van der Waals surface area (Å²) < 4.78 is 4.60. The van der Waals surface area contributed by atoms with E-state index >= 15 is 0 Å². The van der Waals surface area contributed by atoms with Crippen molar-refractivity contribution in [2.45, 2.75) is 6.42 Å². The lowest BCUT2D eigenvalue weighted by atomic mass is 10.4. The average Bonchev–Trinajstić information content (AvgIpc) is 2.04. The van der Waals surface area contributed by atoms with E-state index in [1.807, 2.05) is 14.1 Å². The SMILES string of the molecule is C=COC(=O)N(C)CCCN(C)C. The third-order valence-corrected chi connectivity index (χ3v) is 1.59. The number of nitrogens with zero attached hydrogens (tertiary/aromatic N) is 2. The van der Waals surface area contributed by atoms with Gasteiger partial charge in [0.2, 0.25) is 0 Å². The second-order valence-electron chi connectivity index (χ2n) is 3.13. The lowest BCUT2D eigenvalue weighted by Crippen LogP contribution is -2.29. The number of amides is 1. The first-order valence-corrected chi connectivity index (χ1v) is 4.25. The zero-order valence-electron chi connectivity index (χ0n) is 8.62. The van der Waals surface area contributed by atoms with Crippen LogP contribution in [0.2, 0.25) is 0 Å². The minimum absolute atomic E-state index is 0.353. The molecule has 0 aliphatic heterocycles. The van der Waals surface area contributed by atoms with Crippen LogP contribution in [0.25, 0.3) is 0 Å². The van der Waals surface area contributed by atoms with E-state index in [0.717, 1.165) is 19.2 Å². The Labute approximate surface area is 79.8 Å². The molecule has 4 nitrogen and oxygen atoms in total. The first kappa shape index (κ1) is 12.0. The van der Waals surface area contributed by atoms with Gasteiger partial charge < -0.3 is 14.5 Å². The van der Waals surface area contributed by atoms with Crippen LogP contribution in [0.15, 0.2) is 12.8 Å². The molecule has 0 unspecified atom stereocenters. The van der Waals surface area contributed by atoms with Gasteiger partial charge in [0.15, 0.2) is 0 Å². The molecular formula is C9H18N2O2. The fraction of sp³-hybridized carbons (Fsp3) is 0.667. The van der Waals surface area contributed by atoms with Crippen molar-refractivity contribution >= 4 is 6.09 Å². The van der Waals surface area contributed by atoms with Gasteiger partial charge in [0.05, 0.1) is 6.26 Å². The molecular weight excluding hydrogens is 168 g/mol. The predicted octanol–water partition coefficient (Wildman–Crippen LogP) is 1.15. The van der Waals surface area contributed by atoms with E-state index in [2.05, 4.69) is 16.2 Å². The van der Waals surface area contributed by atoms with Gasteiger partial charge in [0, 0.05) is 13.6 Å². The lowest BCUT2D eigenvalue weighted by molar-refractivity contribution is 0.146. The molecule has 1 amide bonds. The van der Waals surface area contributed by atoms with Crippen molar-refractivity contribution in [3.8, 4) is 0 Å². The summed E-state index contributed by atoms with van der Waals surface area (Å²) in [6.45, 7) is 4.98. The quantitative estimate of drug-likeness (QED) is 0.604. The normalized spacial score (nSPS) is 9.85. The molecule has 4 heteroatoms. The molecule has 0 saturated carbocycles. The molecule has 0 aliphatic carbocycles. The Kier molecular flexibility index (Phi) is 5.97. The molecule has 0 radical (unpaired) electrons. The van der Waals surface area contributed by atoms with Gasteiger partial charge in [-0.2, -0.15) is 0 Å². The van der Waals surface area contributed by atoms with Crippen molar-refractivity contribution in [1.29, 1.82) is 0 Å². The Balaban J connectivity index is 3.55. The highest BCUT2D eigenvalue weighted by atomic mass is 16.5. The summed E-state index contributed by atoms with van der Waals surface area (Å²) in [6, 6.07) is 0. The van der Waals surface area contributed by atoms with Gasteiger partial charge in [-0.15, -0.1) is 0 Å². The molecule has 76 valence electrons. The van der Waals surface area contributed by atoms with Crippen molar-refractivity contribution < 1.29 is 9.53 Å². The third-order valence-electron chi connectivity index (χ3n) is 1.59. The zero-order chi connectivity index (χ0) is 10.3. The second kappa shape index (κ2) is 6.48. The third kappa shape index (κ3) is 6.16. The van der Waals surface area contributed by atoms with Gasteiger partial charge in [-0.1, -0.05) is 6.58 Å². The summed E-state index contributed by atoms with van der Waals surface area (Å²) in [5.74, 6) is 0. The first-order valence-electron chi connectivity index (χ1n) is 4.25. The molecule has 0 heterocycles. The van der Waals surface area contributed by atoms with E-state index < -0.39 is 0 Å². The van der Waals surface area contributed by atoms with E-state index in [-0.39, 0.29) is 6.09 Å². The van der Waals surface area contributed by atoms with Crippen LogP contribution in [0.4, 0.5) is 4.79 Å². The maximum atomic E-state index is 11.0. The largest absolute Gasteiger partial charge is 0.419 e. The minimum Gasteiger partial charge on any atom is -0.419 e. The minimum atomic E-state index is -0.353. The molecule has 0 aromatic carbocycles. The fourth-order valence-corrected chi connectivity index (χ4v) is 0.877. The molecule has 13 heavy (non-hydrogen) atoms. The van der Waals surface area contributed by atoms with Gasteiger partial charge in [-0.05, 0) is 27.1 Å². The second-order valence-corrected chi connectivity index (χ2v) is 3.13. The number of carbonyl (C=O) groups excluding carboxylic acids is 1. The summed E-state index contributed by atoms with van der Waals surface area (Å²) in [7, 11) is 5.71. The summed E-state index contributed by atoms with van der Waals surface area (Å²) in [5.41, 5.74) is 0. The molecule has 0 atom stereocenters. The number of rotatable bonds is 5. The Morgan fingerprint density at radius 3 is 2.46 bits per heavy atom. The van der Waals surface area contributed by atoms with Crippen LogP contribution < -0.4 is 0 Å². The van der Waals surface area contributed by atoms with Gasteiger partial charge in [-0.25, -0.2) is 4.79 Å².